The van der Waals surface area contributed by atoms with Crippen LogP contribution in [0.3, 0.4) is 0 Å². The van der Waals surface area contributed by atoms with Crippen LogP contribution in [-0.4, -0.2) is 27.1 Å². The normalized spacial score (nSPS) is 11.5. The average molecular weight is 377 g/mol. The molecule has 0 amide bonds. The summed E-state index contributed by atoms with van der Waals surface area (Å²) in [5, 5.41) is 2.77. The molecule has 0 aliphatic carbocycles. The number of sulfonamides is 1. The van der Waals surface area contributed by atoms with Gasteiger partial charge in [0.2, 0.25) is 10.0 Å². The van der Waals surface area contributed by atoms with Crippen LogP contribution in [0, 0.1) is 0 Å². The summed E-state index contributed by atoms with van der Waals surface area (Å²) in [6.45, 7) is 0.319. The minimum atomic E-state index is -3.52. The van der Waals surface area contributed by atoms with Crippen LogP contribution in [0.5, 0.6) is 5.75 Å². The smallest absolute Gasteiger partial charge is 0.240 e. The molecule has 0 fully saturated rings. The van der Waals surface area contributed by atoms with Crippen LogP contribution in [0.2, 0.25) is 0 Å². The summed E-state index contributed by atoms with van der Waals surface area (Å²) in [6, 6.07) is 4.64. The highest BCUT2D eigenvalue weighted by atomic mass is 79.9. The highest BCUT2D eigenvalue weighted by Gasteiger charge is 2.15. The fourth-order valence-electron chi connectivity index (χ4n) is 1.57. The van der Waals surface area contributed by atoms with Crippen molar-refractivity contribution in [2.24, 2.45) is 0 Å². The molecule has 5 nitrogen and oxygen atoms in total. The average Bonchev–Trinajstić information content (AvgIpc) is 2.91. The number of halogens is 1. The molecule has 0 unspecified atom stereocenters. The van der Waals surface area contributed by atoms with Crippen LogP contribution in [0.4, 0.5) is 0 Å². The van der Waals surface area contributed by atoms with E-state index in [2.05, 4.69) is 25.6 Å². The lowest BCUT2D eigenvalue weighted by Gasteiger charge is -2.08. The SMILES string of the molecule is COc1ccc(S(=O)(=O)NCCc2nccs2)cc1Br. The number of thiazole rings is 1. The van der Waals surface area contributed by atoms with Gasteiger partial charge in [0.25, 0.3) is 0 Å². The number of nitrogens with one attached hydrogen (secondary N) is 1. The second-order valence-electron chi connectivity index (χ2n) is 3.87. The minimum absolute atomic E-state index is 0.198. The van der Waals surface area contributed by atoms with Crippen LogP contribution in [0.1, 0.15) is 5.01 Å². The van der Waals surface area contributed by atoms with Gasteiger partial charge in [-0.3, -0.25) is 0 Å². The number of hydrogen-bond acceptors (Lipinski definition) is 5. The van der Waals surface area contributed by atoms with Crippen molar-refractivity contribution in [3.8, 4) is 5.75 Å². The van der Waals surface area contributed by atoms with E-state index in [9.17, 15) is 8.42 Å². The Kier molecular flexibility index (Phi) is 5.14. The fourth-order valence-corrected chi connectivity index (χ4v) is 3.94. The molecule has 20 heavy (non-hydrogen) atoms. The first-order valence-electron chi connectivity index (χ1n) is 5.74. The maximum Gasteiger partial charge on any atom is 0.240 e. The van der Waals surface area contributed by atoms with Crippen LogP contribution in [0.15, 0.2) is 39.1 Å². The van der Waals surface area contributed by atoms with Crippen LogP contribution in [-0.2, 0) is 16.4 Å². The molecule has 108 valence electrons. The van der Waals surface area contributed by atoms with Gasteiger partial charge in [0.1, 0.15) is 5.75 Å². The third kappa shape index (κ3) is 3.78. The predicted octanol–water partition coefficient (Wildman–Crippen LogP) is 2.44. The summed E-state index contributed by atoms with van der Waals surface area (Å²) < 4.78 is 32.5. The lowest BCUT2D eigenvalue weighted by Crippen LogP contribution is -2.26. The van der Waals surface area contributed by atoms with E-state index in [0.717, 1.165) is 5.01 Å². The maximum atomic E-state index is 12.1. The number of rotatable bonds is 6. The summed E-state index contributed by atoms with van der Waals surface area (Å²) in [7, 11) is -1.99. The molecule has 0 atom stereocenters. The van der Waals surface area contributed by atoms with Crippen molar-refractivity contribution < 1.29 is 13.2 Å². The van der Waals surface area contributed by atoms with Crippen LogP contribution < -0.4 is 9.46 Å². The summed E-state index contributed by atoms with van der Waals surface area (Å²) in [4.78, 5) is 4.30. The standard InChI is InChI=1S/C12H13BrN2O3S2/c1-18-11-3-2-9(8-10(11)13)20(16,17)15-5-4-12-14-6-7-19-12/h2-3,6-8,15H,4-5H2,1H3. The topological polar surface area (TPSA) is 68.3 Å². The van der Waals surface area contributed by atoms with Gasteiger partial charge >= 0.3 is 0 Å². The zero-order valence-corrected chi connectivity index (χ0v) is 13.9. The molecule has 1 aromatic heterocycles. The Morgan fingerprint density at radius 2 is 2.25 bits per heavy atom. The number of hydrogen-bond donors (Lipinski definition) is 1. The Hall–Kier alpha value is -0.960. The summed E-state index contributed by atoms with van der Waals surface area (Å²) in [5.41, 5.74) is 0. The lowest BCUT2D eigenvalue weighted by molar-refractivity contribution is 0.411. The molecule has 0 aliphatic heterocycles. The lowest BCUT2D eigenvalue weighted by atomic mass is 10.3. The number of nitrogens with zero attached hydrogens (tertiary/aromatic N) is 1. The monoisotopic (exact) mass is 376 g/mol. The zero-order chi connectivity index (χ0) is 14.6. The second-order valence-corrected chi connectivity index (χ2v) is 7.47. The first kappa shape index (κ1) is 15.4. The van der Waals surface area contributed by atoms with Gasteiger partial charge in [-0.2, -0.15) is 0 Å². The zero-order valence-electron chi connectivity index (χ0n) is 10.7. The second kappa shape index (κ2) is 6.66. The van der Waals surface area contributed by atoms with Gasteiger partial charge in [0.15, 0.2) is 0 Å². The number of aromatic nitrogens is 1. The molecule has 0 saturated heterocycles. The van der Waals surface area contributed by atoms with E-state index >= 15 is 0 Å². The Balaban J connectivity index is 2.04. The molecule has 1 heterocycles. The molecule has 2 aromatic rings. The van der Waals surface area contributed by atoms with Crippen molar-refractivity contribution in [2.45, 2.75) is 11.3 Å². The minimum Gasteiger partial charge on any atom is -0.496 e. The summed E-state index contributed by atoms with van der Waals surface area (Å²) in [6.07, 6.45) is 2.28. The Labute approximate surface area is 130 Å². The molecular weight excluding hydrogens is 364 g/mol. The van der Waals surface area contributed by atoms with E-state index in [-0.39, 0.29) is 4.90 Å². The molecule has 0 spiro atoms. The van der Waals surface area contributed by atoms with E-state index in [0.29, 0.717) is 23.2 Å². The van der Waals surface area contributed by atoms with E-state index in [1.807, 2.05) is 5.38 Å². The predicted molar refractivity (Wildman–Crippen MR) is 81.7 cm³/mol. The van der Waals surface area contributed by atoms with E-state index in [1.165, 1.54) is 30.6 Å². The van der Waals surface area contributed by atoms with Gasteiger partial charge in [0, 0.05) is 24.5 Å². The first-order valence-corrected chi connectivity index (χ1v) is 8.90. The van der Waals surface area contributed by atoms with Crippen molar-refractivity contribution >= 4 is 37.3 Å². The molecule has 0 aliphatic rings. The summed E-state index contributed by atoms with van der Waals surface area (Å²) in [5.74, 6) is 0.590. The molecule has 0 radical (unpaired) electrons. The molecule has 1 N–H and O–H groups in total. The quantitative estimate of drug-likeness (QED) is 0.840. The van der Waals surface area contributed by atoms with Gasteiger partial charge in [-0.05, 0) is 34.1 Å². The van der Waals surface area contributed by atoms with Crippen molar-refractivity contribution in [1.82, 2.24) is 9.71 Å². The fraction of sp³-hybridized carbons (Fsp3) is 0.250. The summed E-state index contributed by atoms with van der Waals surface area (Å²) >= 11 is 4.78. The third-order valence-corrected chi connectivity index (χ3v) is 5.47. The van der Waals surface area contributed by atoms with Gasteiger partial charge < -0.3 is 4.74 Å². The molecule has 8 heteroatoms. The van der Waals surface area contributed by atoms with E-state index in [1.54, 1.807) is 12.3 Å². The van der Waals surface area contributed by atoms with Crippen molar-refractivity contribution in [3.05, 3.63) is 39.3 Å². The van der Waals surface area contributed by atoms with Gasteiger partial charge in [-0.1, -0.05) is 0 Å². The highest BCUT2D eigenvalue weighted by Crippen LogP contribution is 2.27. The number of benzene rings is 1. The molecular formula is C12H13BrN2O3S2. The first-order chi connectivity index (χ1) is 9.53. The third-order valence-electron chi connectivity index (χ3n) is 2.55. The Bertz CT molecular complexity index is 672. The van der Waals surface area contributed by atoms with Crippen molar-refractivity contribution in [1.29, 1.82) is 0 Å². The van der Waals surface area contributed by atoms with E-state index in [4.69, 9.17) is 4.74 Å². The van der Waals surface area contributed by atoms with Crippen molar-refractivity contribution in [3.63, 3.8) is 0 Å². The largest absolute Gasteiger partial charge is 0.496 e. The number of ether oxygens (including phenoxy) is 1. The van der Waals surface area contributed by atoms with Crippen molar-refractivity contribution in [2.75, 3.05) is 13.7 Å². The molecule has 2 rings (SSSR count). The number of methoxy groups -OCH3 is 1. The van der Waals surface area contributed by atoms with Gasteiger partial charge in [-0.25, -0.2) is 18.1 Å². The highest BCUT2D eigenvalue weighted by molar-refractivity contribution is 9.10. The Morgan fingerprint density at radius 3 is 2.85 bits per heavy atom. The molecule has 0 saturated carbocycles. The molecule has 0 bridgehead atoms. The maximum absolute atomic E-state index is 12.1. The van der Waals surface area contributed by atoms with Crippen LogP contribution >= 0.6 is 27.3 Å². The Morgan fingerprint density at radius 1 is 1.45 bits per heavy atom. The van der Waals surface area contributed by atoms with Gasteiger partial charge in [-0.15, -0.1) is 11.3 Å². The van der Waals surface area contributed by atoms with E-state index < -0.39 is 10.0 Å². The van der Waals surface area contributed by atoms with Crippen LogP contribution in [0.25, 0.3) is 0 Å². The van der Waals surface area contributed by atoms with Gasteiger partial charge in [0.05, 0.1) is 21.5 Å². The molecule has 1 aromatic carbocycles.